The minimum Gasteiger partial charge on any atom is -0.330 e. The molecule has 2 aromatic heterocycles. The van der Waals surface area contributed by atoms with Gasteiger partial charge in [0.2, 0.25) is 0 Å². The lowest BCUT2D eigenvalue weighted by Crippen LogP contribution is -2.11. The van der Waals surface area contributed by atoms with Crippen LogP contribution in [0.5, 0.6) is 0 Å². The van der Waals surface area contributed by atoms with Gasteiger partial charge in [-0.05, 0) is 31.5 Å². The summed E-state index contributed by atoms with van der Waals surface area (Å²) in [6.07, 6.45) is 1.58. The summed E-state index contributed by atoms with van der Waals surface area (Å²) in [6, 6.07) is 5.90. The Hall–Kier alpha value is -1.46. The fourth-order valence-electron chi connectivity index (χ4n) is 1.96. The van der Waals surface area contributed by atoms with Crippen molar-refractivity contribution in [1.82, 2.24) is 19.7 Å². The molecule has 0 radical (unpaired) electrons. The lowest BCUT2D eigenvalue weighted by Gasteiger charge is -2.04. The van der Waals surface area contributed by atoms with Crippen LogP contribution in [0.1, 0.15) is 31.2 Å². The van der Waals surface area contributed by atoms with Gasteiger partial charge in [-0.1, -0.05) is 19.9 Å². The highest BCUT2D eigenvalue weighted by atomic mass is 35.5. The van der Waals surface area contributed by atoms with E-state index in [1.807, 2.05) is 29.8 Å². The summed E-state index contributed by atoms with van der Waals surface area (Å²) in [5.41, 5.74) is 6.62. The monoisotopic (exact) mass is 295 g/mol. The van der Waals surface area contributed by atoms with Crippen LogP contribution in [0.3, 0.4) is 0 Å². The number of aromatic nitrogens is 4. The van der Waals surface area contributed by atoms with Crippen LogP contribution in [0.4, 0.5) is 0 Å². The van der Waals surface area contributed by atoms with Crippen molar-refractivity contribution in [2.24, 2.45) is 11.7 Å². The second-order valence-corrected chi connectivity index (χ2v) is 5.13. The van der Waals surface area contributed by atoms with Gasteiger partial charge in [-0.25, -0.2) is 9.97 Å². The summed E-state index contributed by atoms with van der Waals surface area (Å²) >= 11 is 0. The van der Waals surface area contributed by atoms with Crippen LogP contribution in [-0.4, -0.2) is 26.3 Å². The molecule has 2 N–H and O–H groups in total. The van der Waals surface area contributed by atoms with Gasteiger partial charge in [0.1, 0.15) is 5.82 Å². The summed E-state index contributed by atoms with van der Waals surface area (Å²) < 4.78 is 1.82. The van der Waals surface area contributed by atoms with Gasteiger partial charge in [-0.3, -0.25) is 0 Å². The van der Waals surface area contributed by atoms with Gasteiger partial charge in [-0.15, -0.1) is 17.5 Å². The van der Waals surface area contributed by atoms with Crippen LogP contribution >= 0.6 is 12.4 Å². The van der Waals surface area contributed by atoms with Gasteiger partial charge >= 0.3 is 0 Å². The predicted octanol–water partition coefficient (Wildman–Crippen LogP) is 2.09. The first-order valence-electron chi connectivity index (χ1n) is 6.69. The van der Waals surface area contributed by atoms with E-state index < -0.39 is 0 Å². The van der Waals surface area contributed by atoms with Crippen molar-refractivity contribution in [3.63, 3.8) is 0 Å². The lowest BCUT2D eigenvalue weighted by atomic mass is 10.1. The Morgan fingerprint density at radius 3 is 2.60 bits per heavy atom. The summed E-state index contributed by atoms with van der Waals surface area (Å²) in [7, 11) is 0. The van der Waals surface area contributed by atoms with Crippen molar-refractivity contribution in [1.29, 1.82) is 0 Å². The van der Waals surface area contributed by atoms with Gasteiger partial charge in [0, 0.05) is 18.5 Å². The third-order valence-electron chi connectivity index (χ3n) is 2.77. The van der Waals surface area contributed by atoms with Crippen LogP contribution in [0.2, 0.25) is 0 Å². The summed E-state index contributed by atoms with van der Waals surface area (Å²) in [5.74, 6) is 3.09. The molecule has 0 aliphatic rings. The largest absolute Gasteiger partial charge is 0.330 e. The fourth-order valence-corrected chi connectivity index (χ4v) is 1.96. The van der Waals surface area contributed by atoms with Crippen molar-refractivity contribution in [2.75, 3.05) is 6.54 Å². The van der Waals surface area contributed by atoms with E-state index in [0.29, 0.717) is 18.9 Å². The van der Waals surface area contributed by atoms with Gasteiger partial charge < -0.3 is 5.73 Å². The quantitative estimate of drug-likeness (QED) is 0.917. The minimum absolute atomic E-state index is 0. The average Bonchev–Trinajstić information content (AvgIpc) is 2.71. The number of nitrogens with zero attached hydrogens (tertiary/aromatic N) is 4. The number of hydrogen-bond donors (Lipinski definition) is 1. The van der Waals surface area contributed by atoms with Crippen molar-refractivity contribution in [2.45, 2.75) is 33.6 Å². The highest BCUT2D eigenvalue weighted by Crippen LogP contribution is 2.11. The minimum atomic E-state index is 0. The lowest BCUT2D eigenvalue weighted by molar-refractivity contribution is 0.617. The van der Waals surface area contributed by atoms with Crippen LogP contribution in [0.25, 0.3) is 5.82 Å². The average molecular weight is 296 g/mol. The molecule has 0 spiro atoms. The molecule has 0 saturated carbocycles. The van der Waals surface area contributed by atoms with E-state index in [2.05, 4.69) is 28.9 Å². The van der Waals surface area contributed by atoms with Crippen LogP contribution in [-0.2, 0) is 12.8 Å². The maximum Gasteiger partial charge on any atom is 0.155 e. The standard InChI is InChI=1S/C14H21N5.ClH/c1-10(2)9-12-17-14(7-8-15)19(18-12)13-6-4-5-11(3)16-13;/h4-6,10H,7-9,15H2,1-3H3;1H. The molecular weight excluding hydrogens is 274 g/mol. The molecule has 6 heteroatoms. The van der Waals surface area contributed by atoms with E-state index in [4.69, 9.17) is 5.73 Å². The molecule has 0 amide bonds. The fraction of sp³-hybridized carbons (Fsp3) is 0.500. The third kappa shape index (κ3) is 4.02. The summed E-state index contributed by atoms with van der Waals surface area (Å²) in [4.78, 5) is 9.08. The first-order chi connectivity index (χ1) is 9.10. The van der Waals surface area contributed by atoms with Crippen molar-refractivity contribution >= 4 is 12.4 Å². The first kappa shape index (κ1) is 16.6. The molecule has 2 heterocycles. The molecule has 0 aliphatic heterocycles. The SMILES string of the molecule is Cc1cccc(-n2nc(CC(C)C)nc2CCN)n1.Cl. The van der Waals surface area contributed by atoms with E-state index >= 15 is 0 Å². The van der Waals surface area contributed by atoms with Crippen molar-refractivity contribution in [3.8, 4) is 5.82 Å². The Morgan fingerprint density at radius 1 is 1.25 bits per heavy atom. The third-order valence-corrected chi connectivity index (χ3v) is 2.77. The van der Waals surface area contributed by atoms with Crippen LogP contribution in [0.15, 0.2) is 18.2 Å². The number of rotatable bonds is 5. The van der Waals surface area contributed by atoms with Crippen LogP contribution < -0.4 is 5.73 Å². The number of hydrogen-bond acceptors (Lipinski definition) is 4. The van der Waals surface area contributed by atoms with E-state index in [9.17, 15) is 0 Å². The van der Waals surface area contributed by atoms with E-state index in [1.54, 1.807) is 0 Å². The van der Waals surface area contributed by atoms with Gasteiger partial charge in [0.25, 0.3) is 0 Å². The molecule has 0 aliphatic carbocycles. The molecule has 110 valence electrons. The van der Waals surface area contributed by atoms with E-state index in [1.165, 1.54) is 0 Å². The molecule has 0 atom stereocenters. The molecule has 5 nitrogen and oxygen atoms in total. The smallest absolute Gasteiger partial charge is 0.155 e. The molecule has 0 bridgehead atoms. The second kappa shape index (κ2) is 7.36. The van der Waals surface area contributed by atoms with E-state index in [0.717, 1.165) is 29.6 Å². The molecule has 0 fully saturated rings. The zero-order valence-electron chi connectivity index (χ0n) is 12.2. The highest BCUT2D eigenvalue weighted by molar-refractivity contribution is 5.85. The Labute approximate surface area is 126 Å². The van der Waals surface area contributed by atoms with Gasteiger partial charge in [0.05, 0.1) is 0 Å². The van der Waals surface area contributed by atoms with E-state index in [-0.39, 0.29) is 12.4 Å². The Kier molecular flexibility index (Phi) is 6.10. The van der Waals surface area contributed by atoms with Crippen molar-refractivity contribution in [3.05, 3.63) is 35.5 Å². The second-order valence-electron chi connectivity index (χ2n) is 5.13. The number of aryl methyl sites for hydroxylation is 1. The molecule has 0 aromatic carbocycles. The molecule has 0 unspecified atom stereocenters. The van der Waals surface area contributed by atoms with Crippen LogP contribution in [0, 0.1) is 12.8 Å². The number of nitrogens with two attached hydrogens (primary N) is 1. The first-order valence-corrected chi connectivity index (χ1v) is 6.69. The van der Waals surface area contributed by atoms with Gasteiger partial charge in [-0.2, -0.15) is 4.68 Å². The molecule has 0 saturated heterocycles. The topological polar surface area (TPSA) is 69.6 Å². The Morgan fingerprint density at radius 2 is 2.00 bits per heavy atom. The molecule has 20 heavy (non-hydrogen) atoms. The normalized spacial score (nSPS) is 10.7. The zero-order valence-corrected chi connectivity index (χ0v) is 13.0. The maximum absolute atomic E-state index is 5.65. The molecular formula is C14H22ClN5. The number of pyridine rings is 1. The zero-order chi connectivity index (χ0) is 13.8. The summed E-state index contributed by atoms with van der Waals surface area (Å²) in [5, 5.41) is 4.57. The molecule has 2 rings (SSSR count). The molecule has 2 aromatic rings. The highest BCUT2D eigenvalue weighted by Gasteiger charge is 2.12. The van der Waals surface area contributed by atoms with Gasteiger partial charge in [0.15, 0.2) is 11.6 Å². The maximum atomic E-state index is 5.65. The summed E-state index contributed by atoms with van der Waals surface area (Å²) in [6.45, 7) is 6.85. The number of halogens is 1. The Bertz CT molecular complexity index is 550. The predicted molar refractivity (Wildman–Crippen MR) is 82.4 cm³/mol. The van der Waals surface area contributed by atoms with Crippen molar-refractivity contribution < 1.29 is 0 Å². The Balaban J connectivity index is 0.00000200.